The highest BCUT2D eigenvalue weighted by atomic mass is 32.2. The molecule has 0 saturated heterocycles. The molecule has 0 fully saturated rings. The van der Waals surface area contributed by atoms with Gasteiger partial charge in [0.25, 0.3) is 10.2 Å². The Bertz CT molecular complexity index is 306. The Morgan fingerprint density at radius 3 is 2.33 bits per heavy atom. The van der Waals surface area contributed by atoms with Crippen LogP contribution in [0.4, 0.5) is 0 Å². The second-order valence-corrected chi connectivity index (χ2v) is 6.79. The third-order valence-electron chi connectivity index (χ3n) is 3.18. The Morgan fingerprint density at radius 2 is 1.89 bits per heavy atom. The van der Waals surface area contributed by atoms with E-state index in [-0.39, 0.29) is 0 Å². The molecule has 110 valence electrons. The zero-order valence-corrected chi connectivity index (χ0v) is 13.3. The first-order chi connectivity index (χ1) is 8.39. The molecule has 0 aliphatic rings. The van der Waals surface area contributed by atoms with Crippen molar-refractivity contribution in [1.82, 2.24) is 13.9 Å². The van der Waals surface area contributed by atoms with E-state index in [1.165, 1.54) is 4.31 Å². The molecule has 1 N–H and O–H groups in total. The van der Waals surface area contributed by atoms with E-state index in [4.69, 9.17) is 0 Å². The van der Waals surface area contributed by atoms with Crippen LogP contribution >= 0.6 is 0 Å². The van der Waals surface area contributed by atoms with Crippen LogP contribution < -0.4 is 5.32 Å². The van der Waals surface area contributed by atoms with Crippen LogP contribution in [0.5, 0.6) is 0 Å². The molecule has 5 nitrogen and oxygen atoms in total. The van der Waals surface area contributed by atoms with Gasteiger partial charge in [0, 0.05) is 26.7 Å². The number of hydrogen-bond donors (Lipinski definition) is 1. The summed E-state index contributed by atoms with van der Waals surface area (Å²) in [7, 11) is 0.230. The Hall–Kier alpha value is -0.170. The van der Waals surface area contributed by atoms with Crippen molar-refractivity contribution < 1.29 is 8.42 Å². The minimum atomic E-state index is -3.30. The highest BCUT2D eigenvalue weighted by Gasteiger charge is 2.26. The second-order valence-electron chi connectivity index (χ2n) is 4.75. The molecule has 0 aliphatic heterocycles. The lowest BCUT2D eigenvalue weighted by Gasteiger charge is -2.28. The molecular formula is C12H29N3O2S. The summed E-state index contributed by atoms with van der Waals surface area (Å²) in [4.78, 5) is 0. The summed E-state index contributed by atoms with van der Waals surface area (Å²) in [5.41, 5.74) is 0. The number of nitrogens with zero attached hydrogens (tertiary/aromatic N) is 2. The summed E-state index contributed by atoms with van der Waals surface area (Å²) in [6, 6.07) is 0. The molecule has 0 aromatic rings. The predicted octanol–water partition coefficient (Wildman–Crippen LogP) is 1.14. The Morgan fingerprint density at radius 1 is 1.28 bits per heavy atom. The van der Waals surface area contributed by atoms with Crippen LogP contribution in [0.3, 0.4) is 0 Å². The lowest BCUT2D eigenvalue weighted by molar-refractivity contribution is 0.327. The average Bonchev–Trinajstić information content (AvgIpc) is 2.35. The predicted molar refractivity (Wildman–Crippen MR) is 76.8 cm³/mol. The van der Waals surface area contributed by atoms with E-state index in [0.717, 1.165) is 19.4 Å². The van der Waals surface area contributed by atoms with Crippen LogP contribution in [0.15, 0.2) is 0 Å². The summed E-state index contributed by atoms with van der Waals surface area (Å²) in [5, 5.41) is 3.02. The van der Waals surface area contributed by atoms with Crippen molar-refractivity contribution in [2.24, 2.45) is 5.92 Å². The van der Waals surface area contributed by atoms with E-state index in [1.807, 2.05) is 14.0 Å². The molecule has 0 spiro atoms. The van der Waals surface area contributed by atoms with Crippen molar-refractivity contribution in [2.45, 2.75) is 33.6 Å². The first-order valence-corrected chi connectivity index (χ1v) is 8.15. The number of rotatable bonds is 10. The van der Waals surface area contributed by atoms with Crippen LogP contribution in [-0.2, 0) is 10.2 Å². The van der Waals surface area contributed by atoms with Crippen molar-refractivity contribution in [1.29, 1.82) is 0 Å². The van der Waals surface area contributed by atoms with Crippen LogP contribution in [0, 0.1) is 5.92 Å². The van der Waals surface area contributed by atoms with Gasteiger partial charge in [-0.05, 0) is 25.9 Å². The normalized spacial score (nSPS) is 14.4. The van der Waals surface area contributed by atoms with Gasteiger partial charge in [0.15, 0.2) is 0 Å². The summed E-state index contributed by atoms with van der Waals surface area (Å²) < 4.78 is 27.7. The monoisotopic (exact) mass is 279 g/mol. The summed E-state index contributed by atoms with van der Waals surface area (Å²) in [6.45, 7) is 8.58. The van der Waals surface area contributed by atoms with E-state index in [2.05, 4.69) is 19.2 Å². The van der Waals surface area contributed by atoms with Crippen LogP contribution in [0.2, 0.25) is 0 Å². The minimum Gasteiger partial charge on any atom is -0.320 e. The molecule has 0 saturated carbocycles. The van der Waals surface area contributed by atoms with Gasteiger partial charge in [-0.1, -0.05) is 27.2 Å². The van der Waals surface area contributed by atoms with Crippen molar-refractivity contribution in [3.63, 3.8) is 0 Å². The second kappa shape index (κ2) is 8.85. The summed E-state index contributed by atoms with van der Waals surface area (Å²) >= 11 is 0. The quantitative estimate of drug-likeness (QED) is 0.610. The van der Waals surface area contributed by atoms with Crippen LogP contribution in [0.1, 0.15) is 33.6 Å². The van der Waals surface area contributed by atoms with E-state index in [9.17, 15) is 8.42 Å². The largest absolute Gasteiger partial charge is 0.320 e. The molecule has 0 aromatic heterocycles. The van der Waals surface area contributed by atoms with Crippen molar-refractivity contribution in [3.05, 3.63) is 0 Å². The van der Waals surface area contributed by atoms with Gasteiger partial charge in [0.05, 0.1) is 0 Å². The fraction of sp³-hybridized carbons (Fsp3) is 1.00. The smallest absolute Gasteiger partial charge is 0.281 e. The number of hydrogen-bond acceptors (Lipinski definition) is 3. The Kier molecular flexibility index (Phi) is 8.77. The maximum Gasteiger partial charge on any atom is 0.281 e. The topological polar surface area (TPSA) is 52.7 Å². The fourth-order valence-corrected chi connectivity index (χ4v) is 3.18. The van der Waals surface area contributed by atoms with Gasteiger partial charge in [-0.2, -0.15) is 17.0 Å². The highest BCUT2D eigenvalue weighted by Crippen LogP contribution is 2.11. The third kappa shape index (κ3) is 5.65. The summed E-state index contributed by atoms with van der Waals surface area (Å²) in [5.74, 6) is 0.394. The lowest BCUT2D eigenvalue weighted by atomic mass is 10.1. The van der Waals surface area contributed by atoms with E-state index in [0.29, 0.717) is 25.6 Å². The highest BCUT2D eigenvalue weighted by molar-refractivity contribution is 7.86. The molecule has 0 rings (SSSR count). The molecule has 0 heterocycles. The molecule has 0 amide bonds. The molecule has 0 aliphatic carbocycles. The van der Waals surface area contributed by atoms with E-state index < -0.39 is 10.2 Å². The Labute approximate surface area is 113 Å². The molecule has 0 radical (unpaired) electrons. The molecule has 0 bridgehead atoms. The molecule has 6 heteroatoms. The molecule has 1 atom stereocenters. The third-order valence-corrected chi connectivity index (χ3v) is 5.22. The first kappa shape index (κ1) is 17.8. The van der Waals surface area contributed by atoms with Crippen molar-refractivity contribution in [3.8, 4) is 0 Å². The molecular weight excluding hydrogens is 250 g/mol. The van der Waals surface area contributed by atoms with E-state index in [1.54, 1.807) is 11.4 Å². The van der Waals surface area contributed by atoms with Gasteiger partial charge in [-0.25, -0.2) is 0 Å². The molecule has 0 aromatic carbocycles. The van der Waals surface area contributed by atoms with Gasteiger partial charge in [-0.15, -0.1) is 0 Å². The van der Waals surface area contributed by atoms with Gasteiger partial charge >= 0.3 is 0 Å². The minimum absolute atomic E-state index is 0.394. The zero-order valence-electron chi connectivity index (χ0n) is 12.4. The summed E-state index contributed by atoms with van der Waals surface area (Å²) in [6.07, 6.45) is 1.82. The Balaban J connectivity index is 4.54. The van der Waals surface area contributed by atoms with Crippen molar-refractivity contribution >= 4 is 10.2 Å². The van der Waals surface area contributed by atoms with Crippen LogP contribution in [0.25, 0.3) is 0 Å². The first-order valence-electron chi connectivity index (χ1n) is 6.76. The SMILES string of the molecule is CCC(C)CN(CC)S(=O)(=O)N(C)CCCNC. The zero-order chi connectivity index (χ0) is 14.2. The molecule has 18 heavy (non-hydrogen) atoms. The average molecular weight is 279 g/mol. The van der Waals surface area contributed by atoms with Gasteiger partial charge in [-0.3, -0.25) is 0 Å². The van der Waals surface area contributed by atoms with Gasteiger partial charge in [0.2, 0.25) is 0 Å². The number of nitrogens with one attached hydrogen (secondary N) is 1. The van der Waals surface area contributed by atoms with Crippen LogP contribution in [-0.4, -0.2) is 57.3 Å². The van der Waals surface area contributed by atoms with Gasteiger partial charge in [0.1, 0.15) is 0 Å². The maximum absolute atomic E-state index is 12.3. The molecule has 1 unspecified atom stereocenters. The van der Waals surface area contributed by atoms with Gasteiger partial charge < -0.3 is 5.32 Å². The fourth-order valence-electron chi connectivity index (χ4n) is 1.65. The standard InChI is InChI=1S/C12H29N3O2S/c1-6-12(3)11-15(7-2)18(16,17)14(5)10-8-9-13-4/h12-13H,6-11H2,1-5H3. The lowest BCUT2D eigenvalue weighted by Crippen LogP contribution is -2.44. The maximum atomic E-state index is 12.3. The van der Waals surface area contributed by atoms with Crippen molar-refractivity contribution in [2.75, 3.05) is 40.3 Å². The van der Waals surface area contributed by atoms with E-state index >= 15 is 0 Å².